The monoisotopic (exact) mass is 250 g/mol. The van der Waals surface area contributed by atoms with E-state index in [1.807, 2.05) is 0 Å². The van der Waals surface area contributed by atoms with E-state index in [1.54, 1.807) is 4.90 Å². The molecule has 2 heterocycles. The van der Waals surface area contributed by atoms with Crippen molar-refractivity contribution >= 4 is 11.8 Å². The van der Waals surface area contributed by atoms with E-state index in [9.17, 15) is 9.59 Å². The molecule has 2 saturated heterocycles. The highest BCUT2D eigenvalue weighted by molar-refractivity contribution is 5.99. The van der Waals surface area contributed by atoms with Crippen molar-refractivity contribution in [1.29, 1.82) is 0 Å². The average molecular weight is 250 g/mol. The van der Waals surface area contributed by atoms with Crippen LogP contribution in [0, 0.1) is 5.41 Å². The quantitative estimate of drug-likeness (QED) is 0.717. The van der Waals surface area contributed by atoms with Gasteiger partial charge in [-0.05, 0) is 37.6 Å². The van der Waals surface area contributed by atoms with Crippen LogP contribution < -0.4 is 5.32 Å². The van der Waals surface area contributed by atoms with E-state index < -0.39 is 0 Å². The van der Waals surface area contributed by atoms with Gasteiger partial charge in [-0.15, -0.1) is 0 Å². The summed E-state index contributed by atoms with van der Waals surface area (Å²) in [6.45, 7) is 1.79. The van der Waals surface area contributed by atoms with E-state index in [-0.39, 0.29) is 23.3 Å². The molecule has 3 fully saturated rings. The minimum Gasteiger partial charge on any atom is -0.315 e. The number of hydrogen-bond acceptors (Lipinski definition) is 3. The van der Waals surface area contributed by atoms with Crippen LogP contribution in [0.2, 0.25) is 0 Å². The van der Waals surface area contributed by atoms with Gasteiger partial charge in [0.05, 0.1) is 6.04 Å². The molecule has 3 rings (SSSR count). The molecular weight excluding hydrogens is 228 g/mol. The van der Waals surface area contributed by atoms with Crippen molar-refractivity contribution in [2.75, 3.05) is 13.1 Å². The number of piperidine rings is 2. The molecule has 0 radical (unpaired) electrons. The zero-order valence-corrected chi connectivity index (χ0v) is 10.9. The molecule has 1 atom stereocenters. The molecule has 1 unspecified atom stereocenters. The molecule has 1 spiro atoms. The largest absolute Gasteiger partial charge is 0.315 e. The van der Waals surface area contributed by atoms with Crippen molar-refractivity contribution in [3.05, 3.63) is 0 Å². The molecule has 1 aliphatic carbocycles. The fourth-order valence-corrected chi connectivity index (χ4v) is 3.95. The van der Waals surface area contributed by atoms with Gasteiger partial charge in [0.25, 0.3) is 0 Å². The Morgan fingerprint density at radius 1 is 1.06 bits per heavy atom. The van der Waals surface area contributed by atoms with E-state index in [0.29, 0.717) is 12.8 Å². The van der Waals surface area contributed by atoms with Crippen LogP contribution in [0.5, 0.6) is 0 Å². The third-order valence-corrected chi connectivity index (χ3v) is 4.89. The maximum atomic E-state index is 12.3. The Kier molecular flexibility index (Phi) is 3.14. The van der Waals surface area contributed by atoms with Gasteiger partial charge in [0.2, 0.25) is 11.8 Å². The maximum absolute atomic E-state index is 12.3. The number of imide groups is 1. The molecule has 0 aromatic heterocycles. The van der Waals surface area contributed by atoms with E-state index in [0.717, 1.165) is 38.8 Å². The lowest BCUT2D eigenvalue weighted by Crippen LogP contribution is -2.56. The second kappa shape index (κ2) is 4.65. The molecular formula is C14H22N2O2. The molecule has 4 heteroatoms. The first-order chi connectivity index (χ1) is 8.70. The second-order valence-electron chi connectivity index (χ2n) is 6.22. The number of nitrogens with zero attached hydrogens (tertiary/aromatic N) is 1. The number of hydrogen-bond donors (Lipinski definition) is 1. The van der Waals surface area contributed by atoms with Gasteiger partial charge in [-0.25, -0.2) is 0 Å². The third-order valence-electron chi connectivity index (χ3n) is 4.89. The number of nitrogens with one attached hydrogen (secondary N) is 1. The summed E-state index contributed by atoms with van der Waals surface area (Å²) in [6, 6.07) is 0.109. The minimum absolute atomic E-state index is 0.0345. The predicted molar refractivity (Wildman–Crippen MR) is 67.9 cm³/mol. The normalized spacial score (nSPS) is 32.2. The number of rotatable bonds is 1. The van der Waals surface area contributed by atoms with Crippen molar-refractivity contribution in [3.8, 4) is 0 Å². The first-order valence-electron chi connectivity index (χ1n) is 7.26. The van der Waals surface area contributed by atoms with Crippen LogP contribution in [-0.2, 0) is 9.59 Å². The number of likely N-dealkylation sites (tertiary alicyclic amines) is 1. The van der Waals surface area contributed by atoms with Crippen LogP contribution in [-0.4, -0.2) is 35.8 Å². The van der Waals surface area contributed by atoms with Crippen molar-refractivity contribution in [1.82, 2.24) is 10.2 Å². The Morgan fingerprint density at radius 3 is 2.28 bits per heavy atom. The van der Waals surface area contributed by atoms with Crippen molar-refractivity contribution in [2.24, 2.45) is 5.41 Å². The van der Waals surface area contributed by atoms with Crippen LogP contribution in [0.4, 0.5) is 0 Å². The summed E-state index contributed by atoms with van der Waals surface area (Å²) in [5.41, 5.74) is 0.0345. The highest BCUT2D eigenvalue weighted by atomic mass is 16.2. The highest BCUT2D eigenvalue weighted by Crippen LogP contribution is 2.47. The first-order valence-corrected chi connectivity index (χ1v) is 7.26. The van der Waals surface area contributed by atoms with Crippen molar-refractivity contribution < 1.29 is 9.59 Å². The molecule has 2 aliphatic heterocycles. The number of amides is 2. The molecule has 1 saturated carbocycles. The Bertz CT molecular complexity index is 335. The van der Waals surface area contributed by atoms with Gasteiger partial charge in [0, 0.05) is 19.4 Å². The lowest BCUT2D eigenvalue weighted by Gasteiger charge is -2.41. The van der Waals surface area contributed by atoms with Gasteiger partial charge < -0.3 is 5.32 Å². The average Bonchev–Trinajstić information content (AvgIpc) is 2.77. The van der Waals surface area contributed by atoms with E-state index in [1.165, 1.54) is 12.8 Å². The van der Waals surface area contributed by atoms with Crippen LogP contribution in [0.3, 0.4) is 0 Å². The summed E-state index contributed by atoms with van der Waals surface area (Å²) < 4.78 is 0. The summed E-state index contributed by atoms with van der Waals surface area (Å²) in [5.74, 6) is 0.170. The topological polar surface area (TPSA) is 49.4 Å². The van der Waals surface area contributed by atoms with E-state index in [4.69, 9.17) is 0 Å². The van der Waals surface area contributed by atoms with Gasteiger partial charge in [-0.2, -0.15) is 0 Å². The molecule has 0 aromatic carbocycles. The molecule has 3 aliphatic rings. The van der Waals surface area contributed by atoms with Gasteiger partial charge >= 0.3 is 0 Å². The van der Waals surface area contributed by atoms with Crippen LogP contribution in [0.25, 0.3) is 0 Å². The molecule has 18 heavy (non-hydrogen) atoms. The van der Waals surface area contributed by atoms with Gasteiger partial charge in [0.15, 0.2) is 0 Å². The fraction of sp³-hybridized carbons (Fsp3) is 0.857. The highest BCUT2D eigenvalue weighted by Gasteiger charge is 2.46. The van der Waals surface area contributed by atoms with Gasteiger partial charge in [-0.1, -0.05) is 12.8 Å². The van der Waals surface area contributed by atoms with Crippen molar-refractivity contribution in [3.63, 3.8) is 0 Å². The maximum Gasteiger partial charge on any atom is 0.230 e. The standard InChI is InChI=1S/C14H22N2O2/c17-12-8-14(5-1-2-6-14)9-13(18)16(12)11-4-3-7-15-10-11/h11,15H,1-10H2. The lowest BCUT2D eigenvalue weighted by molar-refractivity contribution is -0.156. The molecule has 0 bridgehead atoms. The van der Waals surface area contributed by atoms with E-state index in [2.05, 4.69) is 5.32 Å². The Balaban J connectivity index is 1.73. The Hall–Kier alpha value is -0.900. The summed E-state index contributed by atoms with van der Waals surface area (Å²) in [5, 5.41) is 3.29. The Labute approximate surface area is 108 Å². The minimum atomic E-state index is 0.0345. The van der Waals surface area contributed by atoms with Crippen LogP contribution in [0.1, 0.15) is 51.4 Å². The van der Waals surface area contributed by atoms with E-state index >= 15 is 0 Å². The number of carbonyl (C=O) groups is 2. The first kappa shape index (κ1) is 12.2. The molecule has 0 aromatic rings. The van der Waals surface area contributed by atoms with Gasteiger partial charge in [0.1, 0.15) is 0 Å². The third kappa shape index (κ3) is 2.07. The molecule has 2 amide bonds. The number of carbonyl (C=O) groups excluding carboxylic acids is 2. The zero-order valence-electron chi connectivity index (χ0n) is 10.9. The van der Waals surface area contributed by atoms with Crippen LogP contribution in [0.15, 0.2) is 0 Å². The second-order valence-corrected chi connectivity index (χ2v) is 6.22. The molecule has 100 valence electrons. The Morgan fingerprint density at radius 2 is 1.72 bits per heavy atom. The smallest absolute Gasteiger partial charge is 0.230 e. The summed E-state index contributed by atoms with van der Waals surface area (Å²) in [4.78, 5) is 26.3. The van der Waals surface area contributed by atoms with Gasteiger partial charge in [-0.3, -0.25) is 14.5 Å². The van der Waals surface area contributed by atoms with Crippen molar-refractivity contribution in [2.45, 2.75) is 57.4 Å². The van der Waals surface area contributed by atoms with Crippen LogP contribution >= 0.6 is 0 Å². The summed E-state index contributed by atoms with van der Waals surface area (Å²) in [6.07, 6.45) is 7.76. The SMILES string of the molecule is O=C1CC2(CCCC2)CC(=O)N1C1CCCNC1. The summed E-state index contributed by atoms with van der Waals surface area (Å²) >= 11 is 0. The lowest BCUT2D eigenvalue weighted by atomic mass is 9.76. The molecule has 4 nitrogen and oxygen atoms in total. The molecule has 1 N–H and O–H groups in total. The zero-order chi connectivity index (χ0) is 12.6. The fourth-order valence-electron chi connectivity index (χ4n) is 3.95. The predicted octanol–water partition coefficient (Wildman–Crippen LogP) is 1.45. The summed E-state index contributed by atoms with van der Waals surface area (Å²) in [7, 11) is 0.